The number of aryl methyl sites for hydroxylation is 2. The van der Waals surface area contributed by atoms with Gasteiger partial charge in [-0.25, -0.2) is 9.48 Å². The van der Waals surface area contributed by atoms with Crippen molar-refractivity contribution in [2.45, 2.75) is 33.2 Å². The van der Waals surface area contributed by atoms with E-state index in [1.165, 1.54) is 16.8 Å². The zero-order valence-electron chi connectivity index (χ0n) is 14.6. The van der Waals surface area contributed by atoms with Gasteiger partial charge >= 0.3 is 5.97 Å². The highest BCUT2D eigenvalue weighted by molar-refractivity contribution is 9.10. The fraction of sp³-hybridized carbons (Fsp3) is 0.333. The van der Waals surface area contributed by atoms with Gasteiger partial charge in [0, 0.05) is 17.1 Å². The summed E-state index contributed by atoms with van der Waals surface area (Å²) >= 11 is 3.36. The molecule has 1 aromatic carbocycles. The van der Waals surface area contributed by atoms with Crippen LogP contribution in [0.3, 0.4) is 0 Å². The lowest BCUT2D eigenvalue weighted by Gasteiger charge is -2.09. The van der Waals surface area contributed by atoms with E-state index in [0.29, 0.717) is 12.2 Å². The highest BCUT2D eigenvalue weighted by Crippen LogP contribution is 2.23. The first kappa shape index (κ1) is 19.8. The first-order chi connectivity index (χ1) is 12.4. The Morgan fingerprint density at radius 1 is 1.27 bits per heavy atom. The van der Waals surface area contributed by atoms with Crippen LogP contribution in [-0.2, 0) is 16.1 Å². The van der Waals surface area contributed by atoms with E-state index >= 15 is 0 Å². The zero-order valence-corrected chi connectivity index (χ0v) is 16.2. The Morgan fingerprint density at radius 2 is 2.04 bits per heavy atom. The molecule has 1 amide bonds. The highest BCUT2D eigenvalue weighted by atomic mass is 79.9. The van der Waals surface area contributed by atoms with Gasteiger partial charge in [0.05, 0.1) is 5.69 Å². The first-order valence-corrected chi connectivity index (χ1v) is 9.01. The number of aromatic nitrogens is 2. The molecule has 1 aromatic heterocycles. The minimum atomic E-state index is -0.756. The van der Waals surface area contributed by atoms with E-state index in [0.717, 1.165) is 22.9 Å². The molecule has 26 heavy (non-hydrogen) atoms. The molecule has 0 unspecified atom stereocenters. The van der Waals surface area contributed by atoms with E-state index in [1.54, 1.807) is 6.07 Å². The molecule has 0 fully saturated rings. The second-order valence-electron chi connectivity index (χ2n) is 5.74. The predicted octanol–water partition coefficient (Wildman–Crippen LogP) is 2.91. The molecule has 1 heterocycles. The van der Waals surface area contributed by atoms with Crippen LogP contribution in [0.4, 0.5) is 5.69 Å². The van der Waals surface area contributed by atoms with Crippen molar-refractivity contribution in [2.24, 2.45) is 0 Å². The van der Waals surface area contributed by atoms with Crippen molar-refractivity contribution in [3.05, 3.63) is 56.4 Å². The minimum Gasteiger partial charge on any atom is -0.451 e. The number of halogens is 1. The third-order valence-corrected chi connectivity index (χ3v) is 4.19. The molecule has 2 aromatic rings. The van der Waals surface area contributed by atoms with Gasteiger partial charge in [-0.3, -0.25) is 9.59 Å². The standard InChI is InChI=1S/C18H20BrN3O4/c1-3-4-9-22-17(24)8-7-15(21-22)18(25)26-11-16(23)20-14-6-5-12(2)10-13(14)19/h5-8,10H,3-4,9,11H2,1-2H3,(H,20,23). The van der Waals surface area contributed by atoms with Gasteiger partial charge in [-0.15, -0.1) is 0 Å². The summed E-state index contributed by atoms with van der Waals surface area (Å²) in [5, 5.41) is 6.64. The van der Waals surface area contributed by atoms with Gasteiger partial charge in [0.1, 0.15) is 0 Å². The van der Waals surface area contributed by atoms with Crippen LogP contribution < -0.4 is 10.9 Å². The van der Waals surface area contributed by atoms with Gasteiger partial charge in [0.25, 0.3) is 11.5 Å². The number of nitrogens with one attached hydrogen (secondary N) is 1. The van der Waals surface area contributed by atoms with E-state index in [-0.39, 0.29) is 11.3 Å². The van der Waals surface area contributed by atoms with E-state index in [2.05, 4.69) is 26.3 Å². The summed E-state index contributed by atoms with van der Waals surface area (Å²) in [6.07, 6.45) is 1.68. The van der Waals surface area contributed by atoms with Gasteiger partial charge in [0.2, 0.25) is 0 Å². The molecule has 8 heteroatoms. The molecular weight excluding hydrogens is 402 g/mol. The number of hydrogen-bond donors (Lipinski definition) is 1. The van der Waals surface area contributed by atoms with Crippen LogP contribution in [0.15, 0.2) is 39.6 Å². The number of rotatable bonds is 7. The lowest BCUT2D eigenvalue weighted by atomic mass is 10.2. The van der Waals surface area contributed by atoms with Crippen molar-refractivity contribution in [1.29, 1.82) is 0 Å². The normalized spacial score (nSPS) is 10.4. The molecule has 7 nitrogen and oxygen atoms in total. The first-order valence-electron chi connectivity index (χ1n) is 8.22. The van der Waals surface area contributed by atoms with Crippen LogP contribution in [0.25, 0.3) is 0 Å². The third kappa shape index (κ3) is 5.52. The molecule has 1 N–H and O–H groups in total. The number of unbranched alkanes of at least 4 members (excludes halogenated alkanes) is 1. The second-order valence-corrected chi connectivity index (χ2v) is 6.60. The number of carbonyl (C=O) groups excluding carboxylic acids is 2. The summed E-state index contributed by atoms with van der Waals surface area (Å²) in [6, 6.07) is 8.04. The lowest BCUT2D eigenvalue weighted by Crippen LogP contribution is -2.26. The molecule has 0 aliphatic carbocycles. The summed E-state index contributed by atoms with van der Waals surface area (Å²) in [5.41, 5.74) is 1.34. The maximum absolute atomic E-state index is 12.1. The van der Waals surface area contributed by atoms with Crippen molar-refractivity contribution < 1.29 is 14.3 Å². The van der Waals surface area contributed by atoms with Gasteiger partial charge in [0.15, 0.2) is 12.3 Å². The number of amides is 1. The summed E-state index contributed by atoms with van der Waals surface area (Å²) in [5.74, 6) is -1.23. The Kier molecular flexibility index (Phi) is 7.08. The van der Waals surface area contributed by atoms with Crippen molar-refractivity contribution in [3.8, 4) is 0 Å². The Morgan fingerprint density at radius 3 is 2.73 bits per heavy atom. The molecule has 138 valence electrons. The maximum atomic E-state index is 12.1. The SMILES string of the molecule is CCCCn1nc(C(=O)OCC(=O)Nc2ccc(C)cc2Br)ccc1=O. The van der Waals surface area contributed by atoms with Crippen molar-refractivity contribution in [2.75, 3.05) is 11.9 Å². The molecule has 0 bridgehead atoms. The van der Waals surface area contributed by atoms with Crippen LogP contribution in [0.1, 0.15) is 35.8 Å². The number of hydrogen-bond acceptors (Lipinski definition) is 5. The molecule has 2 rings (SSSR count). The van der Waals surface area contributed by atoms with E-state index in [4.69, 9.17) is 4.74 Å². The number of carbonyl (C=O) groups is 2. The molecule has 0 atom stereocenters. The number of anilines is 1. The zero-order chi connectivity index (χ0) is 19.1. The Bertz CT molecular complexity index is 864. The summed E-state index contributed by atoms with van der Waals surface area (Å²) in [4.78, 5) is 35.7. The van der Waals surface area contributed by atoms with Crippen LogP contribution in [0.2, 0.25) is 0 Å². The topological polar surface area (TPSA) is 90.3 Å². The van der Waals surface area contributed by atoms with E-state index < -0.39 is 18.5 Å². The average molecular weight is 422 g/mol. The minimum absolute atomic E-state index is 0.00924. The van der Waals surface area contributed by atoms with Crippen molar-refractivity contribution in [1.82, 2.24) is 9.78 Å². The molecular formula is C18H20BrN3O4. The summed E-state index contributed by atoms with van der Waals surface area (Å²) in [6.45, 7) is 3.91. The monoisotopic (exact) mass is 421 g/mol. The third-order valence-electron chi connectivity index (χ3n) is 3.53. The second kappa shape index (κ2) is 9.28. The number of benzene rings is 1. The lowest BCUT2D eigenvalue weighted by molar-refractivity contribution is -0.119. The highest BCUT2D eigenvalue weighted by Gasteiger charge is 2.14. The Balaban J connectivity index is 1.95. The smallest absolute Gasteiger partial charge is 0.359 e. The molecule has 0 radical (unpaired) electrons. The van der Waals surface area contributed by atoms with Crippen LogP contribution in [0, 0.1) is 6.92 Å². The number of ether oxygens (including phenoxy) is 1. The van der Waals surface area contributed by atoms with Crippen LogP contribution in [-0.4, -0.2) is 28.3 Å². The molecule has 0 saturated heterocycles. The fourth-order valence-electron chi connectivity index (χ4n) is 2.14. The van der Waals surface area contributed by atoms with Crippen LogP contribution in [0.5, 0.6) is 0 Å². The van der Waals surface area contributed by atoms with Gasteiger partial charge < -0.3 is 10.1 Å². The fourth-order valence-corrected chi connectivity index (χ4v) is 2.73. The molecule has 0 aliphatic heterocycles. The van der Waals surface area contributed by atoms with Crippen LogP contribution >= 0.6 is 15.9 Å². The molecule has 0 saturated carbocycles. The summed E-state index contributed by atoms with van der Waals surface area (Å²) in [7, 11) is 0. The van der Waals surface area contributed by atoms with Gasteiger partial charge in [-0.2, -0.15) is 5.10 Å². The van der Waals surface area contributed by atoms with E-state index in [9.17, 15) is 14.4 Å². The average Bonchev–Trinajstić information content (AvgIpc) is 2.61. The largest absolute Gasteiger partial charge is 0.451 e. The molecule has 0 aliphatic rings. The number of nitrogens with zero attached hydrogens (tertiary/aromatic N) is 2. The Labute approximate surface area is 159 Å². The van der Waals surface area contributed by atoms with Crippen molar-refractivity contribution in [3.63, 3.8) is 0 Å². The van der Waals surface area contributed by atoms with Crippen molar-refractivity contribution >= 4 is 33.5 Å². The molecule has 0 spiro atoms. The maximum Gasteiger partial charge on any atom is 0.359 e. The van der Waals surface area contributed by atoms with Gasteiger partial charge in [-0.05, 0) is 53.0 Å². The summed E-state index contributed by atoms with van der Waals surface area (Å²) < 4.78 is 6.94. The predicted molar refractivity (Wildman–Crippen MR) is 101 cm³/mol. The van der Waals surface area contributed by atoms with E-state index in [1.807, 2.05) is 26.0 Å². The quantitative estimate of drug-likeness (QED) is 0.693. The number of esters is 1. The Hall–Kier alpha value is -2.48. The van der Waals surface area contributed by atoms with Gasteiger partial charge in [-0.1, -0.05) is 19.4 Å².